The third-order valence-corrected chi connectivity index (χ3v) is 6.44. The number of ether oxygens (including phenoxy) is 1. The second-order valence-corrected chi connectivity index (χ2v) is 8.00. The number of carbonyl (C=O) groups is 1. The zero-order valence-corrected chi connectivity index (χ0v) is 15.6. The zero-order valence-electron chi connectivity index (χ0n) is 15.6. The number of anilines is 1. The number of carbonyl (C=O) groups excluding carboxylic acids is 1. The Morgan fingerprint density at radius 1 is 1.11 bits per heavy atom. The van der Waals surface area contributed by atoms with Crippen LogP contribution in [-0.2, 0) is 13.0 Å². The van der Waals surface area contributed by atoms with Crippen LogP contribution in [0.3, 0.4) is 0 Å². The van der Waals surface area contributed by atoms with Gasteiger partial charge in [-0.15, -0.1) is 10.2 Å². The number of nitrogens with zero attached hydrogens (tertiary/aromatic N) is 4. The molecule has 2 aliphatic heterocycles. The summed E-state index contributed by atoms with van der Waals surface area (Å²) in [4.78, 5) is 15.4. The lowest BCUT2D eigenvalue weighted by molar-refractivity contribution is 0.100. The lowest BCUT2D eigenvalue weighted by atomic mass is 9.89. The fourth-order valence-corrected chi connectivity index (χ4v) is 4.64. The third kappa shape index (κ3) is 3.00. The third-order valence-electron chi connectivity index (χ3n) is 6.44. The van der Waals surface area contributed by atoms with Crippen LogP contribution in [0.5, 0.6) is 5.75 Å². The van der Waals surface area contributed by atoms with Gasteiger partial charge in [-0.2, -0.15) is 0 Å². The van der Waals surface area contributed by atoms with Gasteiger partial charge in [0.1, 0.15) is 11.6 Å². The average Bonchev–Trinajstić information content (AvgIpc) is 3.21. The van der Waals surface area contributed by atoms with E-state index in [2.05, 4.69) is 20.4 Å². The van der Waals surface area contributed by atoms with Crippen molar-refractivity contribution >= 4 is 11.6 Å². The molecule has 27 heavy (non-hydrogen) atoms. The topological polar surface area (TPSA) is 72.3 Å². The summed E-state index contributed by atoms with van der Waals surface area (Å²) in [5.74, 6) is 3.18. The molecule has 0 radical (unpaired) electrons. The van der Waals surface area contributed by atoms with E-state index in [-0.39, 0.29) is 5.91 Å². The van der Waals surface area contributed by atoms with Crippen LogP contribution in [0, 0.1) is 11.8 Å². The molecule has 1 saturated carbocycles. The number of hydrogen-bond acceptors (Lipinski definition) is 5. The monoisotopic (exact) mass is 367 g/mol. The fraction of sp³-hybridized carbons (Fsp3) is 0.550. The van der Waals surface area contributed by atoms with Crippen molar-refractivity contribution < 1.29 is 9.53 Å². The molecule has 1 amide bonds. The maximum absolute atomic E-state index is 12.7. The van der Waals surface area contributed by atoms with Gasteiger partial charge in [-0.05, 0) is 48.9 Å². The summed E-state index contributed by atoms with van der Waals surface area (Å²) in [6, 6.07) is 8.10. The summed E-state index contributed by atoms with van der Waals surface area (Å²) in [5, 5.41) is 11.4. The standard InChI is InChI=1S/C20H25N5O2/c1-27-17-7-5-15(6-8-17)21-20(26)19-23-22-18-9-13-10-24(16-3-2-4-16)11-14(13)12-25(18)19/h5-8,13-14,16H,2-4,9-12H2,1H3,(H,21,26)/t13-,14-/m0/s1. The second kappa shape index (κ2) is 6.64. The molecule has 2 fully saturated rings. The maximum Gasteiger partial charge on any atom is 0.293 e. The quantitative estimate of drug-likeness (QED) is 0.897. The Bertz CT molecular complexity index is 843. The Labute approximate surface area is 158 Å². The van der Waals surface area contributed by atoms with E-state index in [4.69, 9.17) is 4.74 Å². The molecule has 1 saturated heterocycles. The number of likely N-dealkylation sites (tertiary alicyclic amines) is 1. The first kappa shape index (κ1) is 16.7. The molecule has 0 spiro atoms. The Balaban J connectivity index is 1.30. The number of nitrogens with one attached hydrogen (secondary N) is 1. The van der Waals surface area contributed by atoms with Gasteiger partial charge in [-0.1, -0.05) is 6.42 Å². The van der Waals surface area contributed by atoms with Crippen molar-refractivity contribution in [2.24, 2.45) is 11.8 Å². The van der Waals surface area contributed by atoms with Gasteiger partial charge in [0.2, 0.25) is 5.82 Å². The van der Waals surface area contributed by atoms with E-state index in [1.54, 1.807) is 7.11 Å². The first-order valence-corrected chi connectivity index (χ1v) is 9.83. The van der Waals surface area contributed by atoms with Crippen molar-refractivity contribution in [2.75, 3.05) is 25.5 Å². The summed E-state index contributed by atoms with van der Waals surface area (Å²) in [5.41, 5.74) is 0.726. The lowest BCUT2D eigenvalue weighted by Gasteiger charge is -2.34. The second-order valence-electron chi connectivity index (χ2n) is 8.00. The molecule has 3 heterocycles. The molecule has 5 rings (SSSR count). The number of benzene rings is 1. The SMILES string of the molecule is COc1ccc(NC(=O)c2nnc3n2C[C@@H]2CN(C4CCC4)C[C@@H]2C3)cc1. The van der Waals surface area contributed by atoms with Gasteiger partial charge in [0.15, 0.2) is 0 Å². The largest absolute Gasteiger partial charge is 0.497 e. The van der Waals surface area contributed by atoms with Gasteiger partial charge in [0.25, 0.3) is 5.91 Å². The van der Waals surface area contributed by atoms with Crippen molar-refractivity contribution in [1.29, 1.82) is 0 Å². The molecule has 7 nitrogen and oxygen atoms in total. The molecule has 1 aromatic carbocycles. The van der Waals surface area contributed by atoms with Gasteiger partial charge in [0.05, 0.1) is 7.11 Å². The Morgan fingerprint density at radius 2 is 1.89 bits per heavy atom. The van der Waals surface area contributed by atoms with Crippen LogP contribution in [0.2, 0.25) is 0 Å². The molecule has 7 heteroatoms. The van der Waals surface area contributed by atoms with E-state index in [0.29, 0.717) is 17.7 Å². The van der Waals surface area contributed by atoms with E-state index in [9.17, 15) is 4.79 Å². The molecule has 0 unspecified atom stereocenters. The number of hydrogen-bond donors (Lipinski definition) is 1. The summed E-state index contributed by atoms with van der Waals surface area (Å²) in [6.45, 7) is 3.17. The summed E-state index contributed by atoms with van der Waals surface area (Å²) >= 11 is 0. The number of methoxy groups -OCH3 is 1. The summed E-state index contributed by atoms with van der Waals surface area (Å²) in [7, 11) is 1.62. The average molecular weight is 367 g/mol. The molecule has 3 aliphatic rings. The first-order valence-electron chi connectivity index (χ1n) is 9.83. The Morgan fingerprint density at radius 3 is 2.59 bits per heavy atom. The van der Waals surface area contributed by atoms with Crippen LogP contribution in [-0.4, -0.2) is 51.8 Å². The molecular formula is C20H25N5O2. The number of fused-ring (bicyclic) bond motifs is 2. The molecule has 2 atom stereocenters. The van der Waals surface area contributed by atoms with Gasteiger partial charge < -0.3 is 14.6 Å². The summed E-state index contributed by atoms with van der Waals surface area (Å²) < 4.78 is 7.19. The van der Waals surface area contributed by atoms with Crippen LogP contribution >= 0.6 is 0 Å². The van der Waals surface area contributed by atoms with Crippen LogP contribution in [0.15, 0.2) is 24.3 Å². The first-order chi connectivity index (χ1) is 13.2. The van der Waals surface area contributed by atoms with Gasteiger partial charge in [-0.3, -0.25) is 9.69 Å². The van der Waals surface area contributed by atoms with Gasteiger partial charge in [0, 0.05) is 37.8 Å². The highest BCUT2D eigenvalue weighted by atomic mass is 16.5. The minimum Gasteiger partial charge on any atom is -0.497 e. The van der Waals surface area contributed by atoms with Crippen molar-refractivity contribution in [1.82, 2.24) is 19.7 Å². The van der Waals surface area contributed by atoms with Crippen molar-refractivity contribution in [3.63, 3.8) is 0 Å². The molecular weight excluding hydrogens is 342 g/mol. The number of rotatable bonds is 4. The fourth-order valence-electron chi connectivity index (χ4n) is 4.64. The molecule has 2 aromatic rings. The van der Waals surface area contributed by atoms with Crippen LogP contribution < -0.4 is 10.1 Å². The normalized spacial score (nSPS) is 24.8. The molecule has 142 valence electrons. The van der Waals surface area contributed by atoms with Crippen molar-refractivity contribution in [3.05, 3.63) is 35.9 Å². The predicted molar refractivity (Wildman–Crippen MR) is 101 cm³/mol. The molecule has 1 aliphatic carbocycles. The summed E-state index contributed by atoms with van der Waals surface area (Å²) in [6.07, 6.45) is 5.00. The minimum atomic E-state index is -0.203. The zero-order chi connectivity index (χ0) is 18.4. The number of amides is 1. The van der Waals surface area contributed by atoms with Gasteiger partial charge in [-0.25, -0.2) is 0 Å². The number of aromatic nitrogens is 3. The van der Waals surface area contributed by atoms with E-state index < -0.39 is 0 Å². The molecule has 1 N–H and O–H groups in total. The van der Waals surface area contributed by atoms with Crippen LogP contribution in [0.25, 0.3) is 0 Å². The highest BCUT2D eigenvalue weighted by Crippen LogP contribution is 2.37. The molecule has 1 aromatic heterocycles. The Hall–Kier alpha value is -2.41. The smallest absolute Gasteiger partial charge is 0.293 e. The highest BCUT2D eigenvalue weighted by molar-refractivity contribution is 6.01. The van der Waals surface area contributed by atoms with Crippen molar-refractivity contribution in [3.8, 4) is 5.75 Å². The van der Waals surface area contributed by atoms with Crippen LogP contribution in [0.1, 0.15) is 35.7 Å². The van der Waals surface area contributed by atoms with E-state index in [0.717, 1.165) is 42.8 Å². The minimum absolute atomic E-state index is 0.203. The van der Waals surface area contributed by atoms with Crippen molar-refractivity contribution in [2.45, 2.75) is 38.3 Å². The predicted octanol–water partition coefficient (Wildman–Crippen LogP) is 2.20. The molecule has 0 bridgehead atoms. The van der Waals surface area contributed by atoms with E-state index >= 15 is 0 Å². The lowest BCUT2D eigenvalue weighted by Crippen LogP contribution is -2.38. The van der Waals surface area contributed by atoms with E-state index in [1.165, 1.54) is 25.8 Å². The van der Waals surface area contributed by atoms with Crippen LogP contribution in [0.4, 0.5) is 5.69 Å². The van der Waals surface area contributed by atoms with E-state index in [1.807, 2.05) is 28.8 Å². The van der Waals surface area contributed by atoms with Gasteiger partial charge >= 0.3 is 0 Å². The highest BCUT2D eigenvalue weighted by Gasteiger charge is 2.42. The Kier molecular flexibility index (Phi) is 4.11. The maximum atomic E-state index is 12.7.